The number of nitrogens with one attached hydrogen (secondary N) is 1. The van der Waals surface area contributed by atoms with E-state index in [2.05, 4.69) is 22.2 Å². The molecule has 0 saturated heterocycles. The van der Waals surface area contributed by atoms with Crippen LogP contribution in [0.1, 0.15) is 29.4 Å². The molecule has 2 aromatic heterocycles. The molecule has 0 saturated carbocycles. The number of carbonyl (C=O) groups is 1. The van der Waals surface area contributed by atoms with Crippen molar-refractivity contribution in [1.29, 1.82) is 0 Å². The van der Waals surface area contributed by atoms with E-state index in [4.69, 9.17) is 16.3 Å². The first-order valence-corrected chi connectivity index (χ1v) is 11.1. The molecular formula is C26H25ClN4O2. The number of anilines is 2. The Morgan fingerprint density at radius 2 is 1.91 bits per heavy atom. The minimum atomic E-state index is -0.0897. The summed E-state index contributed by atoms with van der Waals surface area (Å²) in [7, 11) is 3.44. The maximum atomic E-state index is 12.3. The number of fused-ring (bicyclic) bond motifs is 1. The second kappa shape index (κ2) is 9.88. The van der Waals surface area contributed by atoms with E-state index in [1.807, 2.05) is 24.3 Å². The highest BCUT2D eigenvalue weighted by Crippen LogP contribution is 2.35. The highest BCUT2D eigenvalue weighted by atomic mass is 35.5. The molecule has 1 amide bonds. The topological polar surface area (TPSA) is 67.3 Å². The normalized spacial score (nSPS) is 10.8. The Labute approximate surface area is 198 Å². The minimum absolute atomic E-state index is 0.0897. The van der Waals surface area contributed by atoms with E-state index >= 15 is 0 Å². The van der Waals surface area contributed by atoms with E-state index in [1.54, 1.807) is 56.7 Å². The molecule has 4 aromatic rings. The van der Waals surface area contributed by atoms with Crippen molar-refractivity contribution >= 4 is 39.9 Å². The average molecular weight is 461 g/mol. The Bertz CT molecular complexity index is 1310. The van der Waals surface area contributed by atoms with Gasteiger partial charge in [-0.1, -0.05) is 31.0 Å². The molecule has 0 atom stereocenters. The van der Waals surface area contributed by atoms with Gasteiger partial charge in [0.1, 0.15) is 5.75 Å². The van der Waals surface area contributed by atoms with Crippen molar-refractivity contribution in [1.82, 2.24) is 14.9 Å². The lowest BCUT2D eigenvalue weighted by atomic mass is 10.1. The summed E-state index contributed by atoms with van der Waals surface area (Å²) in [4.78, 5) is 23.0. The van der Waals surface area contributed by atoms with E-state index in [1.165, 1.54) is 4.90 Å². The van der Waals surface area contributed by atoms with Crippen LogP contribution in [-0.4, -0.2) is 34.9 Å². The number of amides is 1. The highest BCUT2D eigenvalue weighted by Gasteiger charge is 2.13. The van der Waals surface area contributed by atoms with Gasteiger partial charge in [-0.05, 0) is 61.0 Å². The summed E-state index contributed by atoms with van der Waals surface area (Å²) in [5, 5.41) is 4.90. The summed E-state index contributed by atoms with van der Waals surface area (Å²) in [6.45, 7) is 2.13. The first-order chi connectivity index (χ1) is 15.9. The molecule has 0 radical (unpaired) electrons. The predicted octanol–water partition coefficient (Wildman–Crippen LogP) is 6.47. The van der Waals surface area contributed by atoms with Gasteiger partial charge in [-0.3, -0.25) is 4.79 Å². The van der Waals surface area contributed by atoms with Crippen molar-refractivity contribution in [3.8, 4) is 11.5 Å². The standard InChI is InChI=1S/C26H25ClN4O2/c1-4-6-19-10-11-21-22(13-14-28-25(21)29-19)30-23-16-18(27)9-12-24(23)33-20-8-5-7-17(15-20)26(32)31(2)3/h5,7-16H,4,6H2,1-3H3,(H,28,29,30). The molecule has 0 aliphatic heterocycles. The SMILES string of the molecule is CCCc1ccc2c(Nc3cc(Cl)ccc3Oc3cccc(C(=O)N(C)C)c3)ccnc2n1. The van der Waals surface area contributed by atoms with Crippen LogP contribution in [0.5, 0.6) is 11.5 Å². The zero-order chi connectivity index (χ0) is 23.4. The summed E-state index contributed by atoms with van der Waals surface area (Å²) < 4.78 is 6.15. The lowest BCUT2D eigenvalue weighted by Gasteiger charge is -2.16. The third-order valence-corrected chi connectivity index (χ3v) is 5.33. The molecule has 0 aliphatic carbocycles. The maximum Gasteiger partial charge on any atom is 0.253 e. The Morgan fingerprint density at radius 1 is 1.06 bits per heavy atom. The Balaban J connectivity index is 1.66. The number of rotatable bonds is 7. The molecule has 1 N–H and O–H groups in total. The van der Waals surface area contributed by atoms with Gasteiger partial charge in [0.2, 0.25) is 0 Å². The quantitative estimate of drug-likeness (QED) is 0.342. The first kappa shape index (κ1) is 22.6. The molecule has 168 valence electrons. The molecule has 7 heteroatoms. The van der Waals surface area contributed by atoms with Gasteiger partial charge < -0.3 is 15.0 Å². The highest BCUT2D eigenvalue weighted by molar-refractivity contribution is 6.31. The fourth-order valence-corrected chi connectivity index (χ4v) is 3.66. The van der Waals surface area contributed by atoms with Crippen LogP contribution in [0.4, 0.5) is 11.4 Å². The van der Waals surface area contributed by atoms with Gasteiger partial charge in [0.05, 0.1) is 11.4 Å². The van der Waals surface area contributed by atoms with Crippen molar-refractivity contribution < 1.29 is 9.53 Å². The Kier molecular flexibility index (Phi) is 6.75. The van der Waals surface area contributed by atoms with Crippen LogP contribution in [0.15, 0.2) is 66.9 Å². The fraction of sp³-hybridized carbons (Fsp3) is 0.192. The number of benzene rings is 2. The molecule has 0 bridgehead atoms. The van der Waals surface area contributed by atoms with Crippen LogP contribution in [0, 0.1) is 0 Å². The lowest BCUT2D eigenvalue weighted by Crippen LogP contribution is -2.21. The number of pyridine rings is 2. The summed E-state index contributed by atoms with van der Waals surface area (Å²) >= 11 is 6.29. The maximum absolute atomic E-state index is 12.3. The fourth-order valence-electron chi connectivity index (χ4n) is 3.48. The van der Waals surface area contributed by atoms with Crippen LogP contribution in [0.2, 0.25) is 5.02 Å². The van der Waals surface area contributed by atoms with E-state index in [9.17, 15) is 4.79 Å². The summed E-state index contributed by atoms with van der Waals surface area (Å²) in [6.07, 6.45) is 3.67. The average Bonchev–Trinajstić information content (AvgIpc) is 2.81. The number of ether oxygens (including phenoxy) is 1. The van der Waals surface area contributed by atoms with Crippen LogP contribution < -0.4 is 10.1 Å². The van der Waals surface area contributed by atoms with Crippen molar-refractivity contribution in [2.24, 2.45) is 0 Å². The molecule has 4 rings (SSSR count). The van der Waals surface area contributed by atoms with Gasteiger partial charge in [0.15, 0.2) is 11.4 Å². The van der Waals surface area contributed by atoms with Crippen LogP contribution in [-0.2, 0) is 6.42 Å². The smallest absolute Gasteiger partial charge is 0.253 e. The number of nitrogens with zero attached hydrogens (tertiary/aromatic N) is 3. The van der Waals surface area contributed by atoms with E-state index in [0.717, 1.165) is 29.6 Å². The van der Waals surface area contributed by atoms with Crippen LogP contribution in [0.3, 0.4) is 0 Å². The van der Waals surface area contributed by atoms with Gasteiger partial charge in [-0.25, -0.2) is 9.97 Å². The molecule has 6 nitrogen and oxygen atoms in total. The number of aryl methyl sites for hydroxylation is 1. The largest absolute Gasteiger partial charge is 0.455 e. The van der Waals surface area contributed by atoms with Gasteiger partial charge in [0, 0.05) is 42.0 Å². The number of carbonyl (C=O) groups excluding carboxylic acids is 1. The summed E-state index contributed by atoms with van der Waals surface area (Å²) in [6, 6.07) is 18.4. The molecule has 0 spiro atoms. The molecular weight excluding hydrogens is 436 g/mol. The third-order valence-electron chi connectivity index (χ3n) is 5.09. The molecule has 2 aromatic carbocycles. The predicted molar refractivity (Wildman–Crippen MR) is 133 cm³/mol. The van der Waals surface area contributed by atoms with E-state index in [-0.39, 0.29) is 5.91 Å². The zero-order valence-corrected chi connectivity index (χ0v) is 19.6. The van der Waals surface area contributed by atoms with Crippen LogP contribution in [0.25, 0.3) is 11.0 Å². The van der Waals surface area contributed by atoms with Gasteiger partial charge in [-0.15, -0.1) is 0 Å². The Hall–Kier alpha value is -3.64. The molecule has 0 aliphatic rings. The number of halogens is 1. The van der Waals surface area contributed by atoms with Gasteiger partial charge >= 0.3 is 0 Å². The van der Waals surface area contributed by atoms with Crippen molar-refractivity contribution in [3.05, 3.63) is 83.1 Å². The minimum Gasteiger partial charge on any atom is -0.455 e. The second-order valence-electron chi connectivity index (χ2n) is 7.88. The summed E-state index contributed by atoms with van der Waals surface area (Å²) in [5.74, 6) is 1.04. The second-order valence-corrected chi connectivity index (χ2v) is 8.31. The monoisotopic (exact) mass is 460 g/mol. The van der Waals surface area contributed by atoms with Crippen molar-refractivity contribution in [2.75, 3.05) is 19.4 Å². The molecule has 2 heterocycles. The number of aromatic nitrogens is 2. The van der Waals surface area contributed by atoms with Crippen molar-refractivity contribution in [3.63, 3.8) is 0 Å². The first-order valence-electron chi connectivity index (χ1n) is 10.8. The number of hydrogen-bond donors (Lipinski definition) is 1. The summed E-state index contributed by atoms with van der Waals surface area (Å²) in [5.41, 5.74) is 3.80. The van der Waals surface area contributed by atoms with Crippen molar-refractivity contribution in [2.45, 2.75) is 19.8 Å². The van der Waals surface area contributed by atoms with Crippen LogP contribution >= 0.6 is 11.6 Å². The molecule has 0 fully saturated rings. The molecule has 33 heavy (non-hydrogen) atoms. The zero-order valence-electron chi connectivity index (χ0n) is 18.8. The molecule has 0 unspecified atom stereocenters. The third kappa shape index (κ3) is 5.23. The van der Waals surface area contributed by atoms with E-state index in [0.29, 0.717) is 33.4 Å². The van der Waals surface area contributed by atoms with E-state index < -0.39 is 0 Å². The van der Waals surface area contributed by atoms with Gasteiger partial charge in [-0.2, -0.15) is 0 Å². The van der Waals surface area contributed by atoms with Gasteiger partial charge in [0.25, 0.3) is 5.91 Å². The Morgan fingerprint density at radius 3 is 2.70 bits per heavy atom. The number of hydrogen-bond acceptors (Lipinski definition) is 5. The lowest BCUT2D eigenvalue weighted by molar-refractivity contribution is 0.0827.